The number of ether oxygens (including phenoxy) is 1. The number of nitrogens with zero attached hydrogens (tertiary/aromatic N) is 6. The van der Waals surface area contributed by atoms with Crippen LogP contribution in [0.2, 0.25) is 0 Å². The summed E-state index contributed by atoms with van der Waals surface area (Å²) in [6.45, 7) is 6.36. The van der Waals surface area contributed by atoms with Gasteiger partial charge in [0.05, 0.1) is 18.2 Å². The zero-order valence-corrected chi connectivity index (χ0v) is 26.8. The minimum absolute atomic E-state index is 0.0606. The molecule has 232 valence electrons. The van der Waals surface area contributed by atoms with Gasteiger partial charge in [-0.05, 0) is 56.5 Å². The van der Waals surface area contributed by atoms with Gasteiger partial charge in [0.25, 0.3) is 5.91 Å². The van der Waals surface area contributed by atoms with Crippen molar-refractivity contribution in [1.29, 1.82) is 0 Å². The van der Waals surface area contributed by atoms with E-state index >= 15 is 0 Å². The zero-order valence-electron chi connectivity index (χ0n) is 26.0. The predicted molar refractivity (Wildman–Crippen MR) is 178 cm³/mol. The summed E-state index contributed by atoms with van der Waals surface area (Å²) < 4.78 is 7.60. The Balaban J connectivity index is 1.03. The standard InChI is InChI=1S/C35H38N6O3S/c1-24-16-17-29-28(21-24)32-33(41(29)23-26-11-5-4-6-12-26)36-35(38-37-32)45-20-10-9-15-31(42)39-18-19-40(25(2)22-39)34(43)27-13-7-8-14-30(27)44-3/h4-8,11-14,16-17,21,25H,9-10,15,18-20,22-23H2,1-3H3. The number of fused-ring (bicyclic) bond motifs is 3. The molecule has 0 radical (unpaired) electrons. The number of benzene rings is 3. The Hall–Kier alpha value is -4.44. The smallest absolute Gasteiger partial charge is 0.257 e. The molecular weight excluding hydrogens is 584 g/mol. The molecule has 1 aliphatic rings. The van der Waals surface area contributed by atoms with Crippen molar-refractivity contribution in [2.24, 2.45) is 0 Å². The SMILES string of the molecule is COc1ccccc1C(=O)N1CCN(C(=O)CCCCSc2nnc3c4cc(C)ccc4n(Cc4ccccc4)c3n2)CC1C. The number of methoxy groups -OCH3 is 1. The van der Waals surface area contributed by atoms with Crippen molar-refractivity contribution in [3.8, 4) is 5.75 Å². The molecule has 9 nitrogen and oxygen atoms in total. The number of piperazine rings is 1. The van der Waals surface area contributed by atoms with Crippen LogP contribution in [0.5, 0.6) is 5.75 Å². The number of para-hydroxylation sites is 1. The third-order valence-corrected chi connectivity index (χ3v) is 9.30. The highest BCUT2D eigenvalue weighted by atomic mass is 32.2. The number of hydrogen-bond acceptors (Lipinski definition) is 7. The number of carbonyl (C=O) groups is 2. The number of amides is 2. The summed E-state index contributed by atoms with van der Waals surface area (Å²) in [4.78, 5) is 34.9. The third kappa shape index (κ3) is 6.66. The van der Waals surface area contributed by atoms with E-state index in [1.165, 1.54) is 11.1 Å². The molecule has 0 aliphatic carbocycles. The van der Waals surface area contributed by atoms with E-state index in [-0.39, 0.29) is 17.9 Å². The summed E-state index contributed by atoms with van der Waals surface area (Å²) in [5.74, 6) is 1.44. The number of aromatic nitrogens is 4. The van der Waals surface area contributed by atoms with Gasteiger partial charge in [-0.3, -0.25) is 9.59 Å². The summed E-state index contributed by atoms with van der Waals surface area (Å²) in [6.07, 6.45) is 2.13. The molecule has 1 aliphatic heterocycles. The van der Waals surface area contributed by atoms with E-state index in [1.807, 2.05) is 34.9 Å². The van der Waals surface area contributed by atoms with Gasteiger partial charge >= 0.3 is 0 Å². The average molecular weight is 623 g/mol. The van der Waals surface area contributed by atoms with E-state index in [2.05, 4.69) is 64.2 Å². The van der Waals surface area contributed by atoms with E-state index in [1.54, 1.807) is 31.0 Å². The Morgan fingerprint density at radius 2 is 1.78 bits per heavy atom. The first-order chi connectivity index (χ1) is 21.9. The second-order valence-corrected chi connectivity index (χ2v) is 12.6. The van der Waals surface area contributed by atoms with Gasteiger partial charge < -0.3 is 19.1 Å². The van der Waals surface area contributed by atoms with Crippen LogP contribution >= 0.6 is 11.8 Å². The van der Waals surface area contributed by atoms with E-state index in [0.717, 1.165) is 40.7 Å². The van der Waals surface area contributed by atoms with Gasteiger partial charge in [-0.1, -0.05) is 65.9 Å². The van der Waals surface area contributed by atoms with Crippen LogP contribution in [0.3, 0.4) is 0 Å². The fourth-order valence-electron chi connectivity index (χ4n) is 6.00. The Bertz CT molecular complexity index is 1830. The van der Waals surface area contributed by atoms with E-state index < -0.39 is 0 Å². The van der Waals surface area contributed by atoms with Crippen molar-refractivity contribution in [2.45, 2.75) is 50.9 Å². The first-order valence-electron chi connectivity index (χ1n) is 15.4. The van der Waals surface area contributed by atoms with Crippen molar-refractivity contribution < 1.29 is 14.3 Å². The first kappa shape index (κ1) is 30.6. The summed E-state index contributed by atoms with van der Waals surface area (Å²) in [5, 5.41) is 10.8. The van der Waals surface area contributed by atoms with Gasteiger partial charge in [0.1, 0.15) is 11.3 Å². The number of unbranched alkanes of at least 4 members (excludes halogenated alkanes) is 1. The predicted octanol–water partition coefficient (Wildman–Crippen LogP) is 5.98. The highest BCUT2D eigenvalue weighted by Gasteiger charge is 2.31. The van der Waals surface area contributed by atoms with Gasteiger partial charge in [-0.25, -0.2) is 4.98 Å². The maximum absolute atomic E-state index is 13.2. The molecule has 3 aromatic carbocycles. The summed E-state index contributed by atoms with van der Waals surface area (Å²) >= 11 is 1.58. The lowest BCUT2D eigenvalue weighted by molar-refractivity contribution is -0.133. The van der Waals surface area contributed by atoms with E-state index in [4.69, 9.17) is 9.72 Å². The van der Waals surface area contributed by atoms with Crippen molar-refractivity contribution in [2.75, 3.05) is 32.5 Å². The highest BCUT2D eigenvalue weighted by molar-refractivity contribution is 7.99. The van der Waals surface area contributed by atoms with Gasteiger partial charge in [0, 0.05) is 49.8 Å². The number of rotatable bonds is 10. The number of aryl methyl sites for hydroxylation is 1. The fraction of sp³-hybridized carbons (Fsp3) is 0.343. The molecule has 1 saturated heterocycles. The second-order valence-electron chi connectivity index (χ2n) is 11.6. The van der Waals surface area contributed by atoms with Crippen LogP contribution in [-0.2, 0) is 11.3 Å². The van der Waals surface area contributed by atoms with Crippen molar-refractivity contribution >= 4 is 45.6 Å². The van der Waals surface area contributed by atoms with E-state index in [0.29, 0.717) is 49.1 Å². The lowest BCUT2D eigenvalue weighted by Crippen LogP contribution is -2.55. The number of thioether (sulfide) groups is 1. The van der Waals surface area contributed by atoms with Gasteiger partial charge in [-0.2, -0.15) is 0 Å². The maximum atomic E-state index is 13.2. The summed E-state index contributed by atoms with van der Waals surface area (Å²) in [5.41, 5.74) is 5.68. The van der Waals surface area contributed by atoms with Crippen LogP contribution in [0.1, 0.15) is 47.7 Å². The van der Waals surface area contributed by atoms with Gasteiger partial charge in [0.15, 0.2) is 5.65 Å². The molecule has 0 spiro atoms. The normalized spacial score (nSPS) is 15.1. The Morgan fingerprint density at radius 1 is 0.978 bits per heavy atom. The minimum Gasteiger partial charge on any atom is -0.496 e. The molecule has 5 aromatic rings. The van der Waals surface area contributed by atoms with Crippen LogP contribution in [0, 0.1) is 6.92 Å². The Morgan fingerprint density at radius 3 is 2.58 bits per heavy atom. The van der Waals surface area contributed by atoms with Gasteiger partial charge in [-0.15, -0.1) is 10.2 Å². The number of hydrogen-bond donors (Lipinski definition) is 0. The Kier molecular flexibility index (Phi) is 9.30. The highest BCUT2D eigenvalue weighted by Crippen LogP contribution is 2.29. The quantitative estimate of drug-likeness (QED) is 0.140. The molecule has 0 bridgehead atoms. The molecule has 2 aromatic heterocycles. The fourth-order valence-corrected chi connectivity index (χ4v) is 6.78. The van der Waals surface area contributed by atoms with E-state index in [9.17, 15) is 9.59 Å². The molecule has 1 atom stereocenters. The first-order valence-corrected chi connectivity index (χ1v) is 16.4. The number of carbonyl (C=O) groups excluding carboxylic acids is 2. The molecule has 10 heteroatoms. The van der Waals surface area contributed by atoms with Crippen LogP contribution in [-0.4, -0.2) is 79.9 Å². The molecule has 1 unspecified atom stereocenters. The van der Waals surface area contributed by atoms with Crippen LogP contribution < -0.4 is 4.74 Å². The second kappa shape index (κ2) is 13.7. The molecular formula is C35H38N6O3S. The largest absolute Gasteiger partial charge is 0.496 e. The van der Waals surface area contributed by atoms with Crippen LogP contribution in [0.15, 0.2) is 78.0 Å². The van der Waals surface area contributed by atoms with Crippen molar-refractivity contribution in [1.82, 2.24) is 29.5 Å². The van der Waals surface area contributed by atoms with Crippen LogP contribution in [0.25, 0.3) is 22.1 Å². The van der Waals surface area contributed by atoms with Crippen molar-refractivity contribution in [3.63, 3.8) is 0 Å². The third-order valence-electron chi connectivity index (χ3n) is 8.38. The molecule has 0 saturated carbocycles. The zero-order chi connectivity index (χ0) is 31.3. The molecule has 3 heterocycles. The van der Waals surface area contributed by atoms with Gasteiger partial charge in [0.2, 0.25) is 11.1 Å². The lowest BCUT2D eigenvalue weighted by Gasteiger charge is -2.40. The molecule has 6 rings (SSSR count). The molecule has 0 N–H and O–H groups in total. The lowest BCUT2D eigenvalue weighted by atomic mass is 10.1. The molecule has 2 amide bonds. The molecule has 1 fully saturated rings. The summed E-state index contributed by atoms with van der Waals surface area (Å²) in [7, 11) is 1.57. The average Bonchev–Trinajstić information content (AvgIpc) is 3.36. The van der Waals surface area contributed by atoms with Crippen LogP contribution in [0.4, 0.5) is 0 Å². The topological polar surface area (TPSA) is 93.5 Å². The Labute approximate surface area is 267 Å². The van der Waals surface area contributed by atoms with Crippen molar-refractivity contribution in [3.05, 3.63) is 89.5 Å². The monoisotopic (exact) mass is 622 g/mol. The summed E-state index contributed by atoms with van der Waals surface area (Å²) in [6, 6.07) is 24.0. The molecule has 45 heavy (non-hydrogen) atoms. The maximum Gasteiger partial charge on any atom is 0.257 e. The minimum atomic E-state index is -0.0726.